The second kappa shape index (κ2) is 15.6. The minimum absolute atomic E-state index is 0. The van der Waals surface area contributed by atoms with Gasteiger partial charge in [-0.15, -0.1) is 0 Å². The van der Waals surface area contributed by atoms with Gasteiger partial charge < -0.3 is 8.56 Å². The fraction of sp³-hybridized carbons (Fsp3) is 0. The molecule has 0 aliphatic carbocycles. The second-order valence-electron chi connectivity index (χ2n) is 0. The fourth-order valence-corrected chi connectivity index (χ4v) is 0. The molecule has 0 spiro atoms. The van der Waals surface area contributed by atoms with Crippen LogP contribution in [0.4, 0.5) is 0 Å². The van der Waals surface area contributed by atoms with Crippen LogP contribution in [0.1, 0.15) is 8.56 Å². The van der Waals surface area contributed by atoms with E-state index < -0.39 is 0 Å². The average molecular weight is 132 g/mol. The Labute approximate surface area is 139 Å². The quantitative estimate of drug-likeness (QED) is 0.288. The molecule has 0 aromatic carbocycles. The maximum Gasteiger partial charge on any atom is 2.00 e. The molecular weight excluding hydrogens is 126 g/mol. The molecule has 0 fully saturated rings. The molecule has 0 aromatic heterocycles. The third-order valence-electron chi connectivity index (χ3n) is 0. The number of hydrogen-bond acceptors (Lipinski definition) is 0. The van der Waals surface area contributed by atoms with E-state index >= 15 is 0 Å². The molecule has 0 radical (unpaired) electrons. The van der Waals surface area contributed by atoms with Crippen molar-refractivity contribution in [3.05, 3.63) is 0 Å². The van der Waals surface area contributed by atoms with Crippen molar-refractivity contribution in [2.45, 2.75) is 0 Å². The molecule has 0 saturated carbocycles. The Balaban J connectivity index is 0. The monoisotopic (exact) mass is 132 g/mol. The van der Waals surface area contributed by atoms with E-state index in [0.717, 1.165) is 0 Å². The first kappa shape index (κ1) is 23.6. The van der Waals surface area contributed by atoms with Gasteiger partial charge in [0.25, 0.3) is 0 Å². The SMILES string of the molecule is [Ca+2].[Ca+2].[H-].[H-].[H-].[H-].[H-].[H-].[Na+].[Na+]. The first-order valence-corrected chi connectivity index (χ1v) is 0. The van der Waals surface area contributed by atoms with E-state index in [1.54, 1.807) is 0 Å². The van der Waals surface area contributed by atoms with E-state index in [0.29, 0.717) is 0 Å². The van der Waals surface area contributed by atoms with Crippen molar-refractivity contribution in [1.29, 1.82) is 0 Å². The molecule has 0 unspecified atom stereocenters. The first-order valence-electron chi connectivity index (χ1n) is 0. The molecule has 4 heteroatoms. The van der Waals surface area contributed by atoms with Crippen LogP contribution in [0.3, 0.4) is 0 Å². The first-order chi connectivity index (χ1) is 0. The molecule has 0 amide bonds. The van der Waals surface area contributed by atoms with Crippen LogP contribution in [0.2, 0.25) is 0 Å². The Bertz CT molecular complexity index is 13.7. The van der Waals surface area contributed by atoms with E-state index in [1.165, 1.54) is 0 Å². The van der Waals surface area contributed by atoms with Gasteiger partial charge in [0, 0.05) is 0 Å². The predicted molar refractivity (Wildman–Crippen MR) is 18.2 cm³/mol. The summed E-state index contributed by atoms with van der Waals surface area (Å²) in [6.07, 6.45) is 0. The maximum atomic E-state index is 0. The predicted octanol–water partition coefficient (Wildman–Crippen LogP) is -6.08. The Morgan fingerprint density at radius 3 is 0.750 bits per heavy atom. The van der Waals surface area contributed by atoms with Crippen molar-refractivity contribution >= 4 is 75.5 Å². The van der Waals surface area contributed by atoms with E-state index in [1.807, 2.05) is 0 Å². The Morgan fingerprint density at radius 2 is 0.750 bits per heavy atom. The van der Waals surface area contributed by atoms with Crippen molar-refractivity contribution < 1.29 is 67.7 Å². The molecule has 0 rings (SSSR count). The van der Waals surface area contributed by atoms with Crippen molar-refractivity contribution in [2.75, 3.05) is 0 Å². The van der Waals surface area contributed by atoms with Gasteiger partial charge in [0.2, 0.25) is 0 Å². The van der Waals surface area contributed by atoms with Crippen molar-refractivity contribution in [3.63, 3.8) is 0 Å². The summed E-state index contributed by atoms with van der Waals surface area (Å²) < 4.78 is 0. The van der Waals surface area contributed by atoms with E-state index in [4.69, 9.17) is 0 Å². The van der Waals surface area contributed by atoms with Gasteiger partial charge in [-0.25, -0.2) is 0 Å². The molecule has 0 saturated heterocycles. The summed E-state index contributed by atoms with van der Waals surface area (Å²) in [7, 11) is 0. The molecule has 0 nitrogen and oxygen atoms in total. The third kappa shape index (κ3) is 9.72. The summed E-state index contributed by atoms with van der Waals surface area (Å²) in [4.78, 5) is 0. The van der Waals surface area contributed by atoms with Gasteiger partial charge in [0.05, 0.1) is 0 Å². The maximum absolute atomic E-state index is 0. The Morgan fingerprint density at radius 1 is 0.750 bits per heavy atom. The molecular formula is H6Ca2Na2. The average Bonchev–Trinajstić information content (AvgIpc) is 0. The standard InChI is InChI=1S/2Ca.2Na.6H/q2*+2;2*+1;6*-1. The molecule has 0 N–H and O–H groups in total. The molecule has 12 valence electrons. The summed E-state index contributed by atoms with van der Waals surface area (Å²) in [6.45, 7) is 0. The van der Waals surface area contributed by atoms with Crippen LogP contribution >= 0.6 is 0 Å². The van der Waals surface area contributed by atoms with Crippen LogP contribution in [0.15, 0.2) is 0 Å². The zero-order valence-electron chi connectivity index (χ0n) is 9.41. The van der Waals surface area contributed by atoms with Crippen LogP contribution in [-0.2, 0) is 0 Å². The zero-order valence-corrected chi connectivity index (χ0v) is 11.8. The fourth-order valence-electron chi connectivity index (χ4n) is 0. The second-order valence-corrected chi connectivity index (χ2v) is 0. The molecule has 0 aliphatic rings. The van der Waals surface area contributed by atoms with Crippen molar-refractivity contribution in [3.8, 4) is 0 Å². The minimum atomic E-state index is 0. The van der Waals surface area contributed by atoms with Crippen LogP contribution < -0.4 is 59.1 Å². The van der Waals surface area contributed by atoms with Crippen LogP contribution in [0.25, 0.3) is 0 Å². The number of rotatable bonds is 0. The smallest absolute Gasteiger partial charge is 1.00 e. The topological polar surface area (TPSA) is 0 Å². The molecule has 4 heavy (non-hydrogen) atoms. The Hall–Kier alpha value is 4.52. The zero-order chi connectivity index (χ0) is 0. The van der Waals surface area contributed by atoms with Crippen molar-refractivity contribution in [1.82, 2.24) is 0 Å². The van der Waals surface area contributed by atoms with Crippen LogP contribution in [0.5, 0.6) is 0 Å². The number of hydrogen-bond donors (Lipinski definition) is 0. The van der Waals surface area contributed by atoms with Gasteiger partial charge in [-0.05, 0) is 0 Å². The Kier molecular flexibility index (Phi) is 92.3. The van der Waals surface area contributed by atoms with E-state index in [2.05, 4.69) is 0 Å². The molecule has 0 aliphatic heterocycles. The summed E-state index contributed by atoms with van der Waals surface area (Å²) >= 11 is 0. The van der Waals surface area contributed by atoms with Gasteiger partial charge in [-0.2, -0.15) is 0 Å². The minimum Gasteiger partial charge on any atom is -1.00 e. The van der Waals surface area contributed by atoms with E-state index in [9.17, 15) is 0 Å². The molecule has 0 heterocycles. The molecule has 0 bridgehead atoms. The molecule has 0 aromatic rings. The summed E-state index contributed by atoms with van der Waals surface area (Å²) in [5, 5.41) is 0. The van der Waals surface area contributed by atoms with Gasteiger partial charge in [-0.1, -0.05) is 0 Å². The van der Waals surface area contributed by atoms with E-state index in [-0.39, 0.29) is 143 Å². The van der Waals surface area contributed by atoms with Gasteiger partial charge >= 0.3 is 135 Å². The van der Waals surface area contributed by atoms with Crippen LogP contribution in [0, 0.1) is 0 Å². The summed E-state index contributed by atoms with van der Waals surface area (Å²) in [5.41, 5.74) is 0. The van der Waals surface area contributed by atoms with Crippen LogP contribution in [-0.4, -0.2) is 75.5 Å². The third-order valence-corrected chi connectivity index (χ3v) is 0. The summed E-state index contributed by atoms with van der Waals surface area (Å²) in [6, 6.07) is 0. The van der Waals surface area contributed by atoms with Gasteiger partial charge in [-0.3, -0.25) is 0 Å². The summed E-state index contributed by atoms with van der Waals surface area (Å²) in [5.74, 6) is 0. The molecule has 0 atom stereocenters. The van der Waals surface area contributed by atoms with Crippen molar-refractivity contribution in [2.24, 2.45) is 0 Å². The van der Waals surface area contributed by atoms with Gasteiger partial charge in [0.1, 0.15) is 0 Å². The largest absolute Gasteiger partial charge is 2.00 e. The van der Waals surface area contributed by atoms with Gasteiger partial charge in [0.15, 0.2) is 0 Å². The normalized spacial score (nSPS) is 0.